The zero-order valence-electron chi connectivity index (χ0n) is 17.2. The average Bonchev–Trinajstić information content (AvgIpc) is 3.40. The molecular formula is C22H22N6OS2. The monoisotopic (exact) mass is 450 g/mol. The second kappa shape index (κ2) is 8.76. The molecule has 5 rings (SSSR count). The van der Waals surface area contributed by atoms with Gasteiger partial charge in [-0.2, -0.15) is 5.10 Å². The van der Waals surface area contributed by atoms with Gasteiger partial charge in [0.15, 0.2) is 10.8 Å². The summed E-state index contributed by atoms with van der Waals surface area (Å²) in [6.07, 6.45) is 7.72. The molecule has 0 spiro atoms. The number of amides is 1. The topological polar surface area (TPSA) is 76.8 Å². The molecule has 0 N–H and O–H groups in total. The molecule has 4 aromatic rings. The molecule has 9 heteroatoms. The number of anilines is 1. The van der Waals surface area contributed by atoms with E-state index in [4.69, 9.17) is 4.98 Å². The summed E-state index contributed by atoms with van der Waals surface area (Å²) in [5.74, 6) is 0.300. The number of carbonyl (C=O) groups excluding carboxylic acids is 1. The van der Waals surface area contributed by atoms with Crippen molar-refractivity contribution in [2.75, 3.05) is 10.7 Å². The van der Waals surface area contributed by atoms with E-state index in [-0.39, 0.29) is 11.7 Å². The second-order valence-corrected chi connectivity index (χ2v) is 9.54. The molecule has 0 unspecified atom stereocenters. The van der Waals surface area contributed by atoms with Gasteiger partial charge in [-0.15, -0.1) is 11.3 Å². The molecule has 0 fully saturated rings. The van der Waals surface area contributed by atoms with Crippen molar-refractivity contribution >= 4 is 45.2 Å². The van der Waals surface area contributed by atoms with Crippen LogP contribution in [0.4, 0.5) is 5.13 Å². The first-order chi connectivity index (χ1) is 15.2. The standard InChI is InChI=1S/C22H22N6OS2/c1-27-20-16(11-25-27)21(24-14-23-20)30-13-19(29)28(12-15-7-3-2-4-8-15)22-26-17-9-5-6-10-18(17)31-22/h2-4,7-8,11,14H,5-6,9-10,12-13H2,1H3. The molecule has 0 radical (unpaired) electrons. The van der Waals surface area contributed by atoms with Crippen LogP contribution in [-0.4, -0.2) is 36.4 Å². The summed E-state index contributed by atoms with van der Waals surface area (Å²) in [4.78, 5) is 30.0. The second-order valence-electron chi connectivity index (χ2n) is 7.51. The van der Waals surface area contributed by atoms with E-state index in [2.05, 4.69) is 15.1 Å². The van der Waals surface area contributed by atoms with Crippen molar-refractivity contribution in [3.63, 3.8) is 0 Å². The smallest absolute Gasteiger partial charge is 0.239 e. The molecule has 1 aliphatic rings. The summed E-state index contributed by atoms with van der Waals surface area (Å²) in [6.45, 7) is 0.513. The van der Waals surface area contributed by atoms with Gasteiger partial charge in [0.1, 0.15) is 11.4 Å². The van der Waals surface area contributed by atoms with Gasteiger partial charge >= 0.3 is 0 Å². The number of aryl methyl sites for hydroxylation is 3. The number of hydrogen-bond acceptors (Lipinski definition) is 7. The van der Waals surface area contributed by atoms with Gasteiger partial charge in [0, 0.05) is 11.9 Å². The Morgan fingerprint density at radius 3 is 2.87 bits per heavy atom. The Balaban J connectivity index is 1.40. The third-order valence-electron chi connectivity index (χ3n) is 5.38. The number of aromatic nitrogens is 5. The zero-order chi connectivity index (χ0) is 21.2. The molecule has 1 aromatic carbocycles. The van der Waals surface area contributed by atoms with Gasteiger partial charge in [-0.1, -0.05) is 42.1 Å². The van der Waals surface area contributed by atoms with E-state index in [1.165, 1.54) is 35.8 Å². The highest BCUT2D eigenvalue weighted by Crippen LogP contribution is 2.33. The first-order valence-electron chi connectivity index (χ1n) is 10.3. The maximum atomic E-state index is 13.4. The van der Waals surface area contributed by atoms with Gasteiger partial charge in [0.05, 0.1) is 29.6 Å². The first-order valence-corrected chi connectivity index (χ1v) is 12.1. The Morgan fingerprint density at radius 1 is 1.19 bits per heavy atom. The van der Waals surface area contributed by atoms with Gasteiger partial charge in [-0.25, -0.2) is 15.0 Å². The van der Waals surface area contributed by atoms with Crippen LogP contribution in [-0.2, 0) is 31.2 Å². The number of fused-ring (bicyclic) bond motifs is 2. The lowest BCUT2D eigenvalue weighted by atomic mass is 10.0. The highest BCUT2D eigenvalue weighted by molar-refractivity contribution is 8.00. The van der Waals surface area contributed by atoms with Crippen molar-refractivity contribution in [3.05, 3.63) is 59.0 Å². The van der Waals surface area contributed by atoms with Crippen molar-refractivity contribution in [2.45, 2.75) is 37.3 Å². The molecular weight excluding hydrogens is 428 g/mol. The Bertz CT molecular complexity index is 1200. The lowest BCUT2D eigenvalue weighted by molar-refractivity contribution is -0.116. The van der Waals surface area contributed by atoms with E-state index >= 15 is 0 Å². The molecule has 31 heavy (non-hydrogen) atoms. The number of rotatable bonds is 6. The van der Waals surface area contributed by atoms with E-state index in [0.29, 0.717) is 6.54 Å². The van der Waals surface area contributed by atoms with E-state index in [0.717, 1.165) is 45.3 Å². The molecule has 0 atom stereocenters. The predicted molar refractivity (Wildman–Crippen MR) is 123 cm³/mol. The van der Waals surface area contributed by atoms with Crippen LogP contribution in [0.3, 0.4) is 0 Å². The van der Waals surface area contributed by atoms with Crippen molar-refractivity contribution in [2.24, 2.45) is 7.05 Å². The fourth-order valence-electron chi connectivity index (χ4n) is 3.75. The van der Waals surface area contributed by atoms with Gasteiger partial charge in [0.25, 0.3) is 0 Å². The summed E-state index contributed by atoms with van der Waals surface area (Å²) < 4.78 is 1.71. The number of hydrogen-bond donors (Lipinski definition) is 0. The molecule has 1 amide bonds. The lowest BCUT2D eigenvalue weighted by Gasteiger charge is -2.20. The first kappa shape index (κ1) is 20.1. The number of thioether (sulfide) groups is 1. The molecule has 3 aromatic heterocycles. The molecule has 0 saturated carbocycles. The average molecular weight is 451 g/mol. The molecule has 0 bridgehead atoms. The molecule has 3 heterocycles. The quantitative estimate of drug-likeness (QED) is 0.326. The highest BCUT2D eigenvalue weighted by Gasteiger charge is 2.24. The predicted octanol–water partition coefficient (Wildman–Crippen LogP) is 4.02. The van der Waals surface area contributed by atoms with E-state index in [1.54, 1.807) is 22.2 Å². The minimum absolute atomic E-state index is 0.0237. The SMILES string of the molecule is Cn1ncc2c(SCC(=O)N(Cc3ccccc3)c3nc4c(s3)CCCC4)ncnc21. The van der Waals surface area contributed by atoms with Crippen LogP contribution in [0, 0.1) is 0 Å². The molecule has 0 saturated heterocycles. The Kier molecular flexibility index (Phi) is 5.69. The summed E-state index contributed by atoms with van der Waals surface area (Å²) in [7, 11) is 1.85. The maximum Gasteiger partial charge on any atom is 0.239 e. The van der Waals surface area contributed by atoms with Gasteiger partial charge in [-0.05, 0) is 31.2 Å². The van der Waals surface area contributed by atoms with Gasteiger partial charge < -0.3 is 0 Å². The Labute approximate surface area is 188 Å². The lowest BCUT2D eigenvalue weighted by Crippen LogP contribution is -2.32. The third kappa shape index (κ3) is 4.20. The minimum atomic E-state index is 0.0237. The zero-order valence-corrected chi connectivity index (χ0v) is 18.8. The van der Waals surface area contributed by atoms with E-state index in [1.807, 2.05) is 42.3 Å². The van der Waals surface area contributed by atoms with Crippen LogP contribution < -0.4 is 4.90 Å². The number of carbonyl (C=O) groups is 1. The van der Waals surface area contributed by atoms with Crippen LogP contribution >= 0.6 is 23.1 Å². The fourth-order valence-corrected chi connectivity index (χ4v) is 5.75. The van der Waals surface area contributed by atoms with Gasteiger partial charge in [0.2, 0.25) is 5.91 Å². The molecule has 1 aliphatic carbocycles. The molecule has 0 aliphatic heterocycles. The van der Waals surface area contributed by atoms with Crippen LogP contribution in [0.2, 0.25) is 0 Å². The number of nitrogens with zero attached hydrogens (tertiary/aromatic N) is 6. The van der Waals surface area contributed by atoms with E-state index < -0.39 is 0 Å². The van der Waals surface area contributed by atoms with Crippen molar-refractivity contribution in [3.8, 4) is 0 Å². The maximum absolute atomic E-state index is 13.4. The van der Waals surface area contributed by atoms with Crippen LogP contribution in [0.5, 0.6) is 0 Å². The minimum Gasteiger partial charge on any atom is -0.283 e. The normalized spacial score (nSPS) is 13.3. The highest BCUT2D eigenvalue weighted by atomic mass is 32.2. The van der Waals surface area contributed by atoms with Crippen molar-refractivity contribution in [1.29, 1.82) is 0 Å². The molecule has 7 nitrogen and oxygen atoms in total. The summed E-state index contributed by atoms with van der Waals surface area (Å²) in [6, 6.07) is 10.1. The van der Waals surface area contributed by atoms with Gasteiger partial charge in [-0.3, -0.25) is 14.4 Å². The summed E-state index contributed by atoms with van der Waals surface area (Å²) in [5, 5.41) is 6.69. The Hall–Kier alpha value is -2.78. The third-order valence-corrected chi connectivity index (χ3v) is 7.55. The van der Waals surface area contributed by atoms with Crippen LogP contribution in [0.25, 0.3) is 11.0 Å². The van der Waals surface area contributed by atoms with E-state index in [9.17, 15) is 4.79 Å². The van der Waals surface area contributed by atoms with Crippen molar-refractivity contribution < 1.29 is 4.79 Å². The molecule has 158 valence electrons. The number of benzene rings is 1. The van der Waals surface area contributed by atoms with Crippen molar-refractivity contribution in [1.82, 2.24) is 24.7 Å². The fraction of sp³-hybridized carbons (Fsp3) is 0.318. The largest absolute Gasteiger partial charge is 0.283 e. The summed E-state index contributed by atoms with van der Waals surface area (Å²) >= 11 is 3.09. The number of thiazole rings is 1. The van der Waals surface area contributed by atoms with Crippen LogP contribution in [0.15, 0.2) is 47.9 Å². The van der Waals surface area contributed by atoms with Crippen LogP contribution in [0.1, 0.15) is 29.0 Å². The summed E-state index contributed by atoms with van der Waals surface area (Å²) in [5.41, 5.74) is 3.02. The Morgan fingerprint density at radius 2 is 2.03 bits per heavy atom.